The summed E-state index contributed by atoms with van der Waals surface area (Å²) < 4.78 is 0. The molecule has 2 aliphatic carbocycles. The van der Waals surface area contributed by atoms with Crippen molar-refractivity contribution >= 4 is 23.3 Å². The number of para-hydroxylation sites is 1. The second kappa shape index (κ2) is 5.53. The first kappa shape index (κ1) is 14.7. The van der Waals surface area contributed by atoms with Gasteiger partial charge in [0, 0.05) is 0 Å². The van der Waals surface area contributed by atoms with Gasteiger partial charge in [0.2, 0.25) is 0 Å². The Kier molecular flexibility index (Phi) is 3.87. The Morgan fingerprint density at radius 1 is 1.05 bits per heavy atom. The highest BCUT2D eigenvalue weighted by molar-refractivity contribution is 6.33. The molecule has 3 nitrogen and oxygen atoms in total. The van der Waals surface area contributed by atoms with E-state index in [0.29, 0.717) is 23.3 Å². The SMILES string of the molecule is O=C(O)C1(Nc2ccccc2Cl)CCC2(CCCC2)CC1. The normalized spacial score (nSPS) is 23.1. The summed E-state index contributed by atoms with van der Waals surface area (Å²) in [6.07, 6.45) is 8.55. The van der Waals surface area contributed by atoms with E-state index in [4.69, 9.17) is 11.6 Å². The highest BCUT2D eigenvalue weighted by atomic mass is 35.5. The molecule has 0 heterocycles. The molecule has 0 amide bonds. The zero-order chi connectivity index (χ0) is 14.9. The highest BCUT2D eigenvalue weighted by Crippen LogP contribution is 2.52. The number of halogens is 1. The Bertz CT molecular complexity index is 527. The van der Waals surface area contributed by atoms with E-state index in [0.717, 1.165) is 18.5 Å². The second-order valence-electron chi connectivity index (χ2n) is 6.70. The molecule has 2 saturated carbocycles. The first-order valence-electron chi connectivity index (χ1n) is 7.82. The minimum absolute atomic E-state index is 0.418. The summed E-state index contributed by atoms with van der Waals surface area (Å²) in [5.41, 5.74) is 0.281. The summed E-state index contributed by atoms with van der Waals surface area (Å²) in [6.45, 7) is 0. The van der Waals surface area contributed by atoms with Crippen molar-refractivity contribution in [2.24, 2.45) is 5.41 Å². The zero-order valence-corrected chi connectivity index (χ0v) is 13.0. The van der Waals surface area contributed by atoms with E-state index in [-0.39, 0.29) is 0 Å². The van der Waals surface area contributed by atoms with Gasteiger partial charge in [0.25, 0.3) is 0 Å². The lowest BCUT2D eigenvalue weighted by Gasteiger charge is -2.43. The maximum atomic E-state index is 11.9. The van der Waals surface area contributed by atoms with Gasteiger partial charge in [0.05, 0.1) is 10.7 Å². The van der Waals surface area contributed by atoms with Crippen LogP contribution < -0.4 is 5.32 Å². The molecule has 1 spiro atoms. The molecule has 4 heteroatoms. The van der Waals surface area contributed by atoms with Gasteiger partial charge in [-0.25, -0.2) is 4.79 Å². The standard InChI is InChI=1S/C17H22ClNO2/c18-13-5-1-2-6-14(13)19-17(15(20)21)11-9-16(10-12-17)7-3-4-8-16/h1-2,5-6,19H,3-4,7-12H2,(H,20,21). The molecule has 0 radical (unpaired) electrons. The monoisotopic (exact) mass is 307 g/mol. The predicted molar refractivity (Wildman–Crippen MR) is 84.8 cm³/mol. The van der Waals surface area contributed by atoms with Crippen LogP contribution in [0.1, 0.15) is 51.4 Å². The molecule has 0 aromatic heterocycles. The fourth-order valence-corrected chi connectivity index (χ4v) is 4.23. The van der Waals surface area contributed by atoms with Crippen LogP contribution in [0.3, 0.4) is 0 Å². The molecule has 0 atom stereocenters. The Labute approximate surface area is 130 Å². The molecule has 3 rings (SSSR count). The van der Waals surface area contributed by atoms with Crippen LogP contribution in [0.15, 0.2) is 24.3 Å². The summed E-state index contributed by atoms with van der Waals surface area (Å²) >= 11 is 6.18. The van der Waals surface area contributed by atoms with Gasteiger partial charge < -0.3 is 10.4 Å². The maximum Gasteiger partial charge on any atom is 0.329 e. The fourth-order valence-electron chi connectivity index (χ4n) is 4.04. The molecule has 0 aliphatic heterocycles. The third kappa shape index (κ3) is 2.76. The van der Waals surface area contributed by atoms with Crippen LogP contribution in [0.2, 0.25) is 5.02 Å². The van der Waals surface area contributed by atoms with Crippen molar-refractivity contribution < 1.29 is 9.90 Å². The molecule has 0 bridgehead atoms. The number of nitrogens with one attached hydrogen (secondary N) is 1. The van der Waals surface area contributed by atoms with Crippen LogP contribution in [-0.4, -0.2) is 16.6 Å². The van der Waals surface area contributed by atoms with E-state index >= 15 is 0 Å². The first-order chi connectivity index (χ1) is 10.1. The van der Waals surface area contributed by atoms with Crippen LogP contribution in [0.5, 0.6) is 0 Å². The van der Waals surface area contributed by atoms with E-state index in [1.54, 1.807) is 6.07 Å². The summed E-state index contributed by atoms with van der Waals surface area (Å²) in [5, 5.41) is 13.6. The van der Waals surface area contributed by atoms with Crippen molar-refractivity contribution in [3.63, 3.8) is 0 Å². The molecule has 0 saturated heterocycles. The third-order valence-corrected chi connectivity index (χ3v) is 5.82. The van der Waals surface area contributed by atoms with Gasteiger partial charge in [-0.3, -0.25) is 0 Å². The van der Waals surface area contributed by atoms with Gasteiger partial charge in [0.1, 0.15) is 5.54 Å². The van der Waals surface area contributed by atoms with Crippen molar-refractivity contribution in [2.45, 2.75) is 56.9 Å². The number of hydrogen-bond donors (Lipinski definition) is 2. The molecule has 2 fully saturated rings. The Balaban J connectivity index is 1.79. The number of carboxylic acids is 1. The van der Waals surface area contributed by atoms with E-state index in [9.17, 15) is 9.90 Å². The van der Waals surface area contributed by atoms with E-state index in [1.165, 1.54) is 25.7 Å². The molecule has 114 valence electrons. The molecule has 1 aromatic carbocycles. The predicted octanol–water partition coefficient (Wildman–Crippen LogP) is 4.71. The average molecular weight is 308 g/mol. The van der Waals surface area contributed by atoms with Crippen molar-refractivity contribution in [3.8, 4) is 0 Å². The summed E-state index contributed by atoms with van der Waals surface area (Å²) in [6, 6.07) is 7.38. The second-order valence-corrected chi connectivity index (χ2v) is 7.11. The van der Waals surface area contributed by atoms with Gasteiger partial charge in [0.15, 0.2) is 0 Å². The van der Waals surface area contributed by atoms with Crippen molar-refractivity contribution in [3.05, 3.63) is 29.3 Å². The highest BCUT2D eigenvalue weighted by Gasteiger charge is 2.48. The molecule has 0 unspecified atom stereocenters. The molecule has 2 aliphatic rings. The summed E-state index contributed by atoms with van der Waals surface area (Å²) in [5.74, 6) is -0.754. The number of rotatable bonds is 3. The number of carboxylic acid groups (broad SMARTS) is 1. The van der Waals surface area contributed by atoms with E-state index in [1.807, 2.05) is 18.2 Å². The number of aliphatic carboxylic acids is 1. The van der Waals surface area contributed by atoms with E-state index < -0.39 is 11.5 Å². The van der Waals surface area contributed by atoms with Crippen LogP contribution in [0, 0.1) is 5.41 Å². The number of benzene rings is 1. The fraction of sp³-hybridized carbons (Fsp3) is 0.588. The van der Waals surface area contributed by atoms with Crippen LogP contribution in [0.4, 0.5) is 5.69 Å². The van der Waals surface area contributed by atoms with Gasteiger partial charge >= 0.3 is 5.97 Å². The van der Waals surface area contributed by atoms with Gasteiger partial charge in [-0.15, -0.1) is 0 Å². The lowest BCUT2D eigenvalue weighted by molar-refractivity contribution is -0.144. The van der Waals surface area contributed by atoms with Gasteiger partial charge in [-0.2, -0.15) is 0 Å². The molecule has 1 aromatic rings. The average Bonchev–Trinajstić information content (AvgIpc) is 2.93. The van der Waals surface area contributed by atoms with Crippen LogP contribution in [-0.2, 0) is 4.79 Å². The first-order valence-corrected chi connectivity index (χ1v) is 8.19. The zero-order valence-electron chi connectivity index (χ0n) is 12.2. The summed E-state index contributed by atoms with van der Waals surface area (Å²) in [4.78, 5) is 11.9. The minimum atomic E-state index is -0.862. The van der Waals surface area contributed by atoms with Gasteiger partial charge in [-0.05, 0) is 56.1 Å². The molecular weight excluding hydrogens is 286 g/mol. The Morgan fingerprint density at radius 2 is 1.67 bits per heavy atom. The number of hydrogen-bond acceptors (Lipinski definition) is 2. The molecule has 2 N–H and O–H groups in total. The Morgan fingerprint density at radius 3 is 2.24 bits per heavy atom. The quantitative estimate of drug-likeness (QED) is 0.850. The van der Waals surface area contributed by atoms with Crippen LogP contribution in [0.25, 0.3) is 0 Å². The van der Waals surface area contributed by atoms with Crippen molar-refractivity contribution in [1.82, 2.24) is 0 Å². The Hall–Kier alpha value is -1.22. The number of anilines is 1. The van der Waals surface area contributed by atoms with Crippen LogP contribution >= 0.6 is 11.6 Å². The van der Waals surface area contributed by atoms with Crippen molar-refractivity contribution in [2.75, 3.05) is 5.32 Å². The maximum absolute atomic E-state index is 11.9. The van der Waals surface area contributed by atoms with Crippen molar-refractivity contribution in [1.29, 1.82) is 0 Å². The lowest BCUT2D eigenvalue weighted by atomic mass is 9.66. The smallest absolute Gasteiger partial charge is 0.329 e. The topological polar surface area (TPSA) is 49.3 Å². The molecule has 21 heavy (non-hydrogen) atoms. The molecular formula is C17H22ClNO2. The lowest BCUT2D eigenvalue weighted by Crippen LogP contribution is -2.50. The van der Waals surface area contributed by atoms with Gasteiger partial charge in [-0.1, -0.05) is 36.6 Å². The minimum Gasteiger partial charge on any atom is -0.480 e. The third-order valence-electron chi connectivity index (χ3n) is 5.49. The number of carbonyl (C=O) groups is 1. The summed E-state index contributed by atoms with van der Waals surface area (Å²) in [7, 11) is 0. The van der Waals surface area contributed by atoms with E-state index in [2.05, 4.69) is 5.32 Å². The largest absolute Gasteiger partial charge is 0.480 e.